The van der Waals surface area contributed by atoms with E-state index in [9.17, 15) is 9.59 Å². The van der Waals surface area contributed by atoms with Crippen LogP contribution in [0.4, 0.5) is 0 Å². The zero-order valence-corrected chi connectivity index (χ0v) is 8.36. The molecule has 1 amide bonds. The van der Waals surface area contributed by atoms with Gasteiger partial charge in [0.05, 0.1) is 7.11 Å². The standard InChI is InChI=1S/C10H15NO3/c1-3-9(12)11-7-5-4-6-8(11)10(13)14-2/h3,8H,1,4-7H2,2H3/t8-/m1/s1. The molecule has 0 aromatic heterocycles. The van der Waals surface area contributed by atoms with Gasteiger partial charge in [0, 0.05) is 6.54 Å². The number of nitrogens with zero attached hydrogens (tertiary/aromatic N) is 1. The molecule has 0 spiro atoms. The third-order valence-corrected chi connectivity index (χ3v) is 2.43. The van der Waals surface area contributed by atoms with Gasteiger partial charge in [0.1, 0.15) is 6.04 Å². The Hall–Kier alpha value is -1.32. The van der Waals surface area contributed by atoms with E-state index in [1.807, 2.05) is 0 Å². The van der Waals surface area contributed by atoms with Crippen LogP contribution in [0.3, 0.4) is 0 Å². The summed E-state index contributed by atoms with van der Waals surface area (Å²) in [6.07, 6.45) is 3.82. The lowest BCUT2D eigenvalue weighted by Crippen LogP contribution is -2.47. The van der Waals surface area contributed by atoms with E-state index in [1.165, 1.54) is 18.1 Å². The third kappa shape index (κ3) is 2.13. The van der Waals surface area contributed by atoms with Gasteiger partial charge in [-0.3, -0.25) is 4.79 Å². The van der Waals surface area contributed by atoms with Gasteiger partial charge < -0.3 is 9.64 Å². The number of carbonyl (C=O) groups is 2. The van der Waals surface area contributed by atoms with E-state index in [0.717, 1.165) is 12.8 Å². The normalized spacial score (nSPS) is 21.5. The number of carbonyl (C=O) groups excluding carboxylic acids is 2. The van der Waals surface area contributed by atoms with Gasteiger partial charge in [-0.2, -0.15) is 0 Å². The Balaban J connectivity index is 2.73. The first kappa shape index (κ1) is 10.8. The Morgan fingerprint density at radius 2 is 2.21 bits per heavy atom. The maximum atomic E-state index is 11.4. The molecule has 4 nitrogen and oxygen atoms in total. The number of esters is 1. The van der Waals surface area contributed by atoms with Crippen LogP contribution in [0.1, 0.15) is 19.3 Å². The Morgan fingerprint density at radius 3 is 2.79 bits per heavy atom. The van der Waals surface area contributed by atoms with Gasteiger partial charge in [-0.25, -0.2) is 4.79 Å². The van der Waals surface area contributed by atoms with E-state index in [2.05, 4.69) is 11.3 Å². The highest BCUT2D eigenvalue weighted by molar-refractivity contribution is 5.91. The fourth-order valence-electron chi connectivity index (χ4n) is 1.69. The number of hydrogen-bond donors (Lipinski definition) is 0. The summed E-state index contributed by atoms with van der Waals surface area (Å²) in [6.45, 7) is 4.03. The molecule has 0 saturated carbocycles. The van der Waals surface area contributed by atoms with Crippen molar-refractivity contribution in [2.24, 2.45) is 0 Å². The summed E-state index contributed by atoms with van der Waals surface area (Å²) in [7, 11) is 1.34. The summed E-state index contributed by atoms with van der Waals surface area (Å²) in [5.74, 6) is -0.528. The van der Waals surface area contributed by atoms with Crippen LogP contribution >= 0.6 is 0 Å². The van der Waals surface area contributed by atoms with Crippen LogP contribution in [-0.4, -0.2) is 36.5 Å². The van der Waals surface area contributed by atoms with Crippen molar-refractivity contribution >= 4 is 11.9 Å². The summed E-state index contributed by atoms with van der Waals surface area (Å²) in [5, 5.41) is 0. The monoisotopic (exact) mass is 197 g/mol. The van der Waals surface area contributed by atoms with E-state index >= 15 is 0 Å². The molecule has 1 saturated heterocycles. The van der Waals surface area contributed by atoms with Crippen molar-refractivity contribution in [3.05, 3.63) is 12.7 Å². The first-order chi connectivity index (χ1) is 6.70. The van der Waals surface area contributed by atoms with Crippen molar-refractivity contribution in [1.82, 2.24) is 4.90 Å². The molecule has 0 N–H and O–H groups in total. The molecule has 0 bridgehead atoms. The lowest BCUT2D eigenvalue weighted by Gasteiger charge is -2.32. The van der Waals surface area contributed by atoms with Crippen molar-refractivity contribution in [1.29, 1.82) is 0 Å². The predicted octanol–water partition coefficient (Wildman–Crippen LogP) is 0.726. The second-order valence-electron chi connectivity index (χ2n) is 3.27. The number of piperidine rings is 1. The molecule has 0 aromatic rings. The van der Waals surface area contributed by atoms with E-state index in [1.54, 1.807) is 0 Å². The molecule has 0 unspecified atom stereocenters. The average molecular weight is 197 g/mol. The molecule has 4 heteroatoms. The molecule has 1 atom stereocenters. The van der Waals surface area contributed by atoms with E-state index in [0.29, 0.717) is 13.0 Å². The second-order valence-corrected chi connectivity index (χ2v) is 3.27. The van der Waals surface area contributed by atoms with Crippen LogP contribution < -0.4 is 0 Å². The third-order valence-electron chi connectivity index (χ3n) is 2.43. The molecular weight excluding hydrogens is 182 g/mol. The van der Waals surface area contributed by atoms with Gasteiger partial charge in [0.25, 0.3) is 0 Å². The van der Waals surface area contributed by atoms with Crippen molar-refractivity contribution in [3.8, 4) is 0 Å². The molecule has 1 heterocycles. The van der Waals surface area contributed by atoms with Gasteiger partial charge in [-0.05, 0) is 25.3 Å². The van der Waals surface area contributed by atoms with Crippen LogP contribution in [0.2, 0.25) is 0 Å². The molecule has 0 aromatic carbocycles. The first-order valence-corrected chi connectivity index (χ1v) is 4.71. The van der Waals surface area contributed by atoms with Crippen molar-refractivity contribution in [2.75, 3.05) is 13.7 Å². The maximum Gasteiger partial charge on any atom is 0.328 e. The van der Waals surface area contributed by atoms with E-state index in [4.69, 9.17) is 0 Å². The molecule has 1 aliphatic rings. The van der Waals surface area contributed by atoms with Crippen LogP contribution in [0.5, 0.6) is 0 Å². The molecule has 0 aliphatic carbocycles. The van der Waals surface area contributed by atoms with Crippen LogP contribution in [0.25, 0.3) is 0 Å². The molecule has 1 fully saturated rings. The minimum Gasteiger partial charge on any atom is -0.467 e. The van der Waals surface area contributed by atoms with Crippen LogP contribution in [0.15, 0.2) is 12.7 Å². The summed E-state index contributed by atoms with van der Waals surface area (Å²) in [4.78, 5) is 24.3. The summed E-state index contributed by atoms with van der Waals surface area (Å²) < 4.78 is 4.65. The largest absolute Gasteiger partial charge is 0.467 e. The van der Waals surface area contributed by atoms with Gasteiger partial charge in [0.15, 0.2) is 0 Å². The van der Waals surface area contributed by atoms with Crippen LogP contribution in [0, 0.1) is 0 Å². The highest BCUT2D eigenvalue weighted by atomic mass is 16.5. The number of amides is 1. The summed E-state index contributed by atoms with van der Waals surface area (Å²) >= 11 is 0. The molecule has 14 heavy (non-hydrogen) atoms. The predicted molar refractivity (Wildman–Crippen MR) is 51.6 cm³/mol. The molecule has 0 radical (unpaired) electrons. The number of likely N-dealkylation sites (tertiary alicyclic amines) is 1. The summed E-state index contributed by atoms with van der Waals surface area (Å²) in [5.41, 5.74) is 0. The maximum absolute atomic E-state index is 11.4. The number of ether oxygens (including phenoxy) is 1. The lowest BCUT2D eigenvalue weighted by molar-refractivity contribution is -0.153. The Morgan fingerprint density at radius 1 is 1.50 bits per heavy atom. The van der Waals surface area contributed by atoms with Crippen molar-refractivity contribution in [2.45, 2.75) is 25.3 Å². The average Bonchev–Trinajstić information content (AvgIpc) is 2.27. The SMILES string of the molecule is C=CC(=O)N1CCCC[C@@H]1C(=O)OC. The molecule has 1 rings (SSSR count). The molecule has 1 aliphatic heterocycles. The zero-order valence-electron chi connectivity index (χ0n) is 8.36. The van der Waals surface area contributed by atoms with Gasteiger partial charge in [-0.1, -0.05) is 6.58 Å². The van der Waals surface area contributed by atoms with Crippen LogP contribution in [-0.2, 0) is 14.3 Å². The fraction of sp³-hybridized carbons (Fsp3) is 0.600. The second kappa shape index (κ2) is 4.79. The quantitative estimate of drug-likeness (QED) is 0.484. The van der Waals surface area contributed by atoms with E-state index < -0.39 is 6.04 Å². The minimum atomic E-state index is -0.417. The zero-order chi connectivity index (χ0) is 10.6. The Bertz CT molecular complexity index is 250. The number of rotatable bonds is 2. The minimum absolute atomic E-state index is 0.194. The van der Waals surface area contributed by atoms with Gasteiger partial charge >= 0.3 is 5.97 Å². The van der Waals surface area contributed by atoms with E-state index in [-0.39, 0.29) is 11.9 Å². The first-order valence-electron chi connectivity index (χ1n) is 4.71. The molecular formula is C10H15NO3. The highest BCUT2D eigenvalue weighted by Crippen LogP contribution is 2.18. The lowest BCUT2D eigenvalue weighted by atomic mass is 10.0. The number of hydrogen-bond acceptors (Lipinski definition) is 3. The van der Waals surface area contributed by atoms with Gasteiger partial charge in [-0.15, -0.1) is 0 Å². The smallest absolute Gasteiger partial charge is 0.328 e. The fourth-order valence-corrected chi connectivity index (χ4v) is 1.69. The Kier molecular flexibility index (Phi) is 3.68. The molecule has 78 valence electrons. The summed E-state index contributed by atoms with van der Waals surface area (Å²) in [6, 6.07) is -0.417. The van der Waals surface area contributed by atoms with Crippen molar-refractivity contribution < 1.29 is 14.3 Å². The topological polar surface area (TPSA) is 46.6 Å². The number of methoxy groups -OCH3 is 1. The Labute approximate surface area is 83.5 Å². The van der Waals surface area contributed by atoms with Crippen molar-refractivity contribution in [3.63, 3.8) is 0 Å². The highest BCUT2D eigenvalue weighted by Gasteiger charge is 2.31. The van der Waals surface area contributed by atoms with Gasteiger partial charge in [0.2, 0.25) is 5.91 Å².